The van der Waals surface area contributed by atoms with Gasteiger partial charge in [0.1, 0.15) is 0 Å². The molecule has 100 valence electrons. The minimum atomic E-state index is -3.76. The van der Waals surface area contributed by atoms with E-state index in [1.54, 1.807) is 24.4 Å². The Hall–Kier alpha value is -1.99. The molecule has 0 bridgehead atoms. The number of aldehydes is 1. The van der Waals surface area contributed by atoms with Crippen LogP contribution in [-0.4, -0.2) is 31.0 Å². The molecule has 0 saturated carbocycles. The van der Waals surface area contributed by atoms with Crippen molar-refractivity contribution < 1.29 is 17.6 Å². The molecule has 2 heterocycles. The van der Waals surface area contributed by atoms with Gasteiger partial charge in [-0.3, -0.25) is 9.78 Å². The molecular weight excluding hydrogens is 268 g/mol. The number of carbonyl (C=O) groups excluding carboxylic acids is 1. The predicted molar refractivity (Wildman–Crippen MR) is 67.0 cm³/mol. The average Bonchev–Trinajstić information content (AvgIpc) is 2.89. The lowest BCUT2D eigenvalue weighted by atomic mass is 10.3. The summed E-state index contributed by atoms with van der Waals surface area (Å²) < 4.78 is 30.4. The minimum absolute atomic E-state index is 0.0233. The maximum absolute atomic E-state index is 12.2. The molecule has 0 saturated heterocycles. The lowest BCUT2D eigenvalue weighted by Crippen LogP contribution is -2.26. The standard InChI is InChI=1S/C12H12N2O4S/c1-14(8-10-4-2-3-7-13-10)19(16,17)12-6-5-11(9-15)18-12/h2-7,9H,8H2,1H3. The van der Waals surface area contributed by atoms with Gasteiger partial charge in [-0.25, -0.2) is 8.42 Å². The SMILES string of the molecule is CN(Cc1ccccn1)S(=O)(=O)c1ccc(C=O)o1. The molecule has 7 heteroatoms. The smallest absolute Gasteiger partial charge is 0.276 e. The van der Waals surface area contributed by atoms with Gasteiger partial charge in [-0.05, 0) is 24.3 Å². The van der Waals surface area contributed by atoms with Crippen LogP contribution in [0.2, 0.25) is 0 Å². The normalized spacial score (nSPS) is 11.7. The number of pyridine rings is 1. The summed E-state index contributed by atoms with van der Waals surface area (Å²) >= 11 is 0. The van der Waals surface area contributed by atoms with Crippen molar-refractivity contribution in [3.05, 3.63) is 48.0 Å². The van der Waals surface area contributed by atoms with E-state index in [0.717, 1.165) is 4.31 Å². The third-order valence-corrected chi connectivity index (χ3v) is 4.17. The lowest BCUT2D eigenvalue weighted by Gasteiger charge is -2.14. The van der Waals surface area contributed by atoms with Gasteiger partial charge in [-0.1, -0.05) is 6.07 Å². The van der Waals surface area contributed by atoms with Gasteiger partial charge in [0, 0.05) is 13.2 Å². The Bertz CT molecular complexity index is 664. The molecule has 2 aromatic rings. The molecule has 0 aromatic carbocycles. The van der Waals surface area contributed by atoms with E-state index in [4.69, 9.17) is 4.42 Å². The zero-order chi connectivity index (χ0) is 13.9. The lowest BCUT2D eigenvalue weighted by molar-refractivity contribution is 0.109. The molecule has 0 unspecified atom stereocenters. The molecule has 0 aliphatic heterocycles. The number of furan rings is 1. The number of nitrogens with zero attached hydrogens (tertiary/aromatic N) is 2. The molecule has 0 N–H and O–H groups in total. The summed E-state index contributed by atoms with van der Waals surface area (Å²) in [6.07, 6.45) is 2.05. The molecule has 0 aliphatic rings. The summed E-state index contributed by atoms with van der Waals surface area (Å²) in [5, 5.41) is -0.256. The fourth-order valence-corrected chi connectivity index (χ4v) is 2.55. The second kappa shape index (κ2) is 5.33. The van der Waals surface area contributed by atoms with Gasteiger partial charge < -0.3 is 4.42 Å². The maximum atomic E-state index is 12.2. The first-order valence-electron chi connectivity index (χ1n) is 5.45. The zero-order valence-electron chi connectivity index (χ0n) is 10.2. The van der Waals surface area contributed by atoms with Crippen molar-refractivity contribution in [2.24, 2.45) is 0 Å². The van der Waals surface area contributed by atoms with Crippen LogP contribution >= 0.6 is 0 Å². The molecule has 2 rings (SSSR count). The Labute approximate surface area is 110 Å². The van der Waals surface area contributed by atoms with E-state index in [1.807, 2.05) is 0 Å². The number of carbonyl (C=O) groups is 1. The van der Waals surface area contributed by atoms with Crippen LogP contribution in [0, 0.1) is 0 Å². The first-order valence-corrected chi connectivity index (χ1v) is 6.89. The van der Waals surface area contributed by atoms with E-state index in [9.17, 15) is 13.2 Å². The zero-order valence-corrected chi connectivity index (χ0v) is 11.0. The fourth-order valence-electron chi connectivity index (χ4n) is 1.49. The summed E-state index contributed by atoms with van der Waals surface area (Å²) in [7, 11) is -2.33. The van der Waals surface area contributed by atoms with E-state index in [-0.39, 0.29) is 17.4 Å². The Morgan fingerprint density at radius 1 is 1.32 bits per heavy atom. The molecule has 0 fully saturated rings. The second-order valence-corrected chi connectivity index (χ2v) is 5.83. The van der Waals surface area contributed by atoms with Crippen LogP contribution in [0.1, 0.15) is 16.2 Å². The predicted octanol–water partition coefficient (Wildman–Crippen LogP) is 1.31. The highest BCUT2D eigenvalue weighted by Crippen LogP contribution is 2.18. The highest BCUT2D eigenvalue weighted by Gasteiger charge is 2.24. The molecule has 0 spiro atoms. The number of rotatable bonds is 5. The van der Waals surface area contributed by atoms with Gasteiger partial charge in [-0.2, -0.15) is 4.31 Å². The molecule has 2 aromatic heterocycles. The Balaban J connectivity index is 2.22. The third kappa shape index (κ3) is 2.88. The largest absolute Gasteiger partial charge is 0.440 e. The number of hydrogen-bond donors (Lipinski definition) is 0. The van der Waals surface area contributed by atoms with Gasteiger partial charge in [0.15, 0.2) is 12.0 Å². The minimum Gasteiger partial charge on any atom is -0.440 e. The van der Waals surface area contributed by atoms with Crippen molar-refractivity contribution >= 4 is 16.3 Å². The van der Waals surface area contributed by atoms with Gasteiger partial charge >= 0.3 is 0 Å². The average molecular weight is 280 g/mol. The van der Waals surface area contributed by atoms with E-state index < -0.39 is 10.0 Å². The molecular formula is C12H12N2O4S. The molecule has 0 radical (unpaired) electrons. The fraction of sp³-hybridized carbons (Fsp3) is 0.167. The van der Waals surface area contributed by atoms with Crippen molar-refractivity contribution in [2.45, 2.75) is 11.6 Å². The number of hydrogen-bond acceptors (Lipinski definition) is 5. The Morgan fingerprint density at radius 2 is 2.11 bits per heavy atom. The van der Waals surface area contributed by atoms with E-state index in [1.165, 1.54) is 19.2 Å². The van der Waals surface area contributed by atoms with Gasteiger partial charge in [0.05, 0.1) is 12.2 Å². The highest BCUT2D eigenvalue weighted by atomic mass is 32.2. The Morgan fingerprint density at radius 3 is 2.68 bits per heavy atom. The first-order chi connectivity index (χ1) is 9.04. The molecule has 0 atom stereocenters. The van der Waals surface area contributed by atoms with Crippen molar-refractivity contribution in [1.29, 1.82) is 0 Å². The summed E-state index contributed by atoms with van der Waals surface area (Å²) in [4.78, 5) is 14.5. The molecule has 6 nitrogen and oxygen atoms in total. The molecule has 19 heavy (non-hydrogen) atoms. The third-order valence-electron chi connectivity index (χ3n) is 2.49. The summed E-state index contributed by atoms with van der Waals surface area (Å²) in [5.74, 6) is -0.0233. The summed E-state index contributed by atoms with van der Waals surface area (Å²) in [6, 6.07) is 7.83. The van der Waals surface area contributed by atoms with Crippen LogP contribution < -0.4 is 0 Å². The van der Waals surface area contributed by atoms with Gasteiger partial charge in [0.2, 0.25) is 5.09 Å². The van der Waals surface area contributed by atoms with Crippen LogP contribution in [0.25, 0.3) is 0 Å². The van der Waals surface area contributed by atoms with E-state index in [2.05, 4.69) is 4.98 Å². The summed E-state index contributed by atoms with van der Waals surface area (Å²) in [6.45, 7) is 0.125. The van der Waals surface area contributed by atoms with Crippen molar-refractivity contribution in [2.75, 3.05) is 7.05 Å². The van der Waals surface area contributed by atoms with E-state index >= 15 is 0 Å². The van der Waals surface area contributed by atoms with Crippen LogP contribution in [0.4, 0.5) is 0 Å². The molecule has 0 amide bonds. The van der Waals surface area contributed by atoms with Crippen molar-refractivity contribution in [3.8, 4) is 0 Å². The quantitative estimate of drug-likeness (QED) is 0.771. The monoisotopic (exact) mass is 280 g/mol. The van der Waals surface area contributed by atoms with Crippen LogP contribution in [0.3, 0.4) is 0 Å². The topological polar surface area (TPSA) is 80.5 Å². The number of aromatic nitrogens is 1. The van der Waals surface area contributed by atoms with Crippen LogP contribution in [0.5, 0.6) is 0 Å². The second-order valence-electron chi connectivity index (χ2n) is 3.86. The summed E-state index contributed by atoms with van der Waals surface area (Å²) in [5.41, 5.74) is 0.621. The molecule has 0 aliphatic carbocycles. The van der Waals surface area contributed by atoms with Crippen molar-refractivity contribution in [3.63, 3.8) is 0 Å². The van der Waals surface area contributed by atoms with Crippen molar-refractivity contribution in [1.82, 2.24) is 9.29 Å². The maximum Gasteiger partial charge on any atom is 0.276 e. The van der Waals surface area contributed by atoms with Crippen LogP contribution in [0.15, 0.2) is 46.0 Å². The van der Waals surface area contributed by atoms with E-state index in [0.29, 0.717) is 12.0 Å². The van der Waals surface area contributed by atoms with Gasteiger partial charge in [0.25, 0.3) is 10.0 Å². The highest BCUT2D eigenvalue weighted by molar-refractivity contribution is 7.88. The first kappa shape index (κ1) is 13.4. The number of sulfonamides is 1. The van der Waals surface area contributed by atoms with Crippen LogP contribution in [-0.2, 0) is 16.6 Å². The Kier molecular flexibility index (Phi) is 3.77. The van der Waals surface area contributed by atoms with Gasteiger partial charge in [-0.15, -0.1) is 0 Å².